The average molecular weight is 235 g/mol. The first kappa shape index (κ1) is 13.2. The predicted molar refractivity (Wildman–Crippen MR) is 60.9 cm³/mol. The molecule has 0 atom stereocenters. The highest BCUT2D eigenvalue weighted by Gasteiger charge is 2.00. The molecule has 4 nitrogen and oxygen atoms in total. The summed E-state index contributed by atoms with van der Waals surface area (Å²) in [6.45, 7) is 0.557. The SMILES string of the molecule is Cl.Cl.Cn1nnc2ccc(CN)cc21. The fraction of sp³-hybridized carbons (Fsp3) is 0.250. The number of halogens is 2. The zero-order valence-electron chi connectivity index (χ0n) is 7.67. The van der Waals surface area contributed by atoms with E-state index in [2.05, 4.69) is 10.3 Å². The van der Waals surface area contributed by atoms with Crippen LogP contribution in [0.4, 0.5) is 0 Å². The van der Waals surface area contributed by atoms with Crippen LogP contribution in [-0.2, 0) is 13.6 Å². The predicted octanol–water partition coefficient (Wildman–Crippen LogP) is 1.27. The van der Waals surface area contributed by atoms with Crippen molar-refractivity contribution in [2.75, 3.05) is 0 Å². The molecule has 2 N–H and O–H groups in total. The molecular weight excluding hydrogens is 223 g/mol. The summed E-state index contributed by atoms with van der Waals surface area (Å²) >= 11 is 0. The van der Waals surface area contributed by atoms with Gasteiger partial charge in [0.2, 0.25) is 0 Å². The lowest BCUT2D eigenvalue weighted by molar-refractivity contribution is 0.736. The van der Waals surface area contributed by atoms with E-state index in [4.69, 9.17) is 5.73 Å². The Hall–Kier alpha value is -0.840. The summed E-state index contributed by atoms with van der Waals surface area (Å²) in [6, 6.07) is 5.91. The fourth-order valence-electron chi connectivity index (χ4n) is 1.20. The van der Waals surface area contributed by atoms with Crippen LogP contribution in [0.25, 0.3) is 11.0 Å². The normalized spacial score (nSPS) is 9.29. The minimum atomic E-state index is 0. The number of rotatable bonds is 1. The third-order valence-electron chi connectivity index (χ3n) is 1.91. The Kier molecular flexibility index (Phi) is 4.83. The summed E-state index contributed by atoms with van der Waals surface area (Å²) < 4.78 is 1.74. The minimum absolute atomic E-state index is 0. The van der Waals surface area contributed by atoms with Gasteiger partial charge >= 0.3 is 0 Å². The van der Waals surface area contributed by atoms with Gasteiger partial charge in [-0.25, -0.2) is 4.68 Å². The third-order valence-corrected chi connectivity index (χ3v) is 1.91. The first-order valence-corrected chi connectivity index (χ1v) is 3.79. The van der Waals surface area contributed by atoms with Crippen LogP contribution >= 0.6 is 24.8 Å². The number of benzene rings is 1. The van der Waals surface area contributed by atoms with E-state index in [1.165, 1.54) is 0 Å². The molecule has 78 valence electrons. The van der Waals surface area contributed by atoms with Crippen molar-refractivity contribution in [3.8, 4) is 0 Å². The summed E-state index contributed by atoms with van der Waals surface area (Å²) in [5, 5.41) is 7.86. The van der Waals surface area contributed by atoms with Crippen LogP contribution in [0.15, 0.2) is 18.2 Å². The lowest BCUT2D eigenvalue weighted by atomic mass is 10.2. The first-order chi connectivity index (χ1) is 5.81. The number of hydrogen-bond donors (Lipinski definition) is 1. The molecule has 0 aliphatic rings. The fourth-order valence-corrected chi connectivity index (χ4v) is 1.20. The molecule has 0 amide bonds. The topological polar surface area (TPSA) is 56.7 Å². The van der Waals surface area contributed by atoms with Gasteiger partial charge in [0.1, 0.15) is 5.52 Å². The van der Waals surface area contributed by atoms with Crippen molar-refractivity contribution in [2.45, 2.75) is 6.54 Å². The summed E-state index contributed by atoms with van der Waals surface area (Å²) in [5.41, 5.74) is 8.55. The van der Waals surface area contributed by atoms with Gasteiger partial charge in [-0.05, 0) is 17.7 Å². The van der Waals surface area contributed by atoms with Gasteiger partial charge in [0.15, 0.2) is 0 Å². The maximum Gasteiger partial charge on any atom is 0.113 e. The maximum absolute atomic E-state index is 5.51. The molecule has 0 saturated carbocycles. The number of fused-ring (bicyclic) bond motifs is 1. The highest BCUT2D eigenvalue weighted by Crippen LogP contribution is 2.11. The monoisotopic (exact) mass is 234 g/mol. The van der Waals surface area contributed by atoms with Crippen LogP contribution in [0.2, 0.25) is 0 Å². The van der Waals surface area contributed by atoms with Gasteiger partial charge < -0.3 is 5.73 Å². The summed E-state index contributed by atoms with van der Waals surface area (Å²) in [4.78, 5) is 0. The molecule has 0 aliphatic carbocycles. The van der Waals surface area contributed by atoms with Crippen molar-refractivity contribution in [2.24, 2.45) is 12.8 Å². The van der Waals surface area contributed by atoms with Crippen molar-refractivity contribution in [3.63, 3.8) is 0 Å². The molecule has 2 rings (SSSR count). The molecule has 0 saturated heterocycles. The second-order valence-electron chi connectivity index (χ2n) is 2.74. The van der Waals surface area contributed by atoms with Crippen molar-refractivity contribution in [1.82, 2.24) is 15.0 Å². The zero-order valence-corrected chi connectivity index (χ0v) is 9.31. The lowest BCUT2D eigenvalue weighted by Crippen LogP contribution is -1.96. The molecule has 0 radical (unpaired) electrons. The maximum atomic E-state index is 5.51. The first-order valence-electron chi connectivity index (χ1n) is 3.79. The van der Waals surface area contributed by atoms with Gasteiger partial charge in [-0.15, -0.1) is 29.9 Å². The Morgan fingerprint density at radius 3 is 2.71 bits per heavy atom. The van der Waals surface area contributed by atoms with E-state index < -0.39 is 0 Å². The van der Waals surface area contributed by atoms with Crippen molar-refractivity contribution < 1.29 is 0 Å². The van der Waals surface area contributed by atoms with E-state index in [0.717, 1.165) is 16.6 Å². The summed E-state index contributed by atoms with van der Waals surface area (Å²) in [6.07, 6.45) is 0. The second kappa shape index (κ2) is 5.14. The van der Waals surface area contributed by atoms with Crippen molar-refractivity contribution >= 4 is 35.8 Å². The molecule has 0 spiro atoms. The molecule has 14 heavy (non-hydrogen) atoms. The minimum Gasteiger partial charge on any atom is -0.326 e. The van der Waals surface area contributed by atoms with Crippen molar-refractivity contribution in [3.05, 3.63) is 23.8 Å². The van der Waals surface area contributed by atoms with Crippen LogP contribution in [0.1, 0.15) is 5.56 Å². The molecule has 1 aromatic carbocycles. The van der Waals surface area contributed by atoms with Gasteiger partial charge in [0.05, 0.1) is 5.52 Å². The quantitative estimate of drug-likeness (QED) is 0.809. The highest BCUT2D eigenvalue weighted by atomic mass is 35.5. The van der Waals surface area contributed by atoms with E-state index >= 15 is 0 Å². The van der Waals surface area contributed by atoms with Gasteiger partial charge in [-0.2, -0.15) is 0 Å². The number of nitrogens with two attached hydrogens (primary N) is 1. The Balaban J connectivity index is 0.000000845. The van der Waals surface area contributed by atoms with Crippen molar-refractivity contribution in [1.29, 1.82) is 0 Å². The van der Waals surface area contributed by atoms with Gasteiger partial charge in [-0.1, -0.05) is 11.3 Å². The van der Waals surface area contributed by atoms with Crippen LogP contribution in [0.3, 0.4) is 0 Å². The summed E-state index contributed by atoms with van der Waals surface area (Å²) in [7, 11) is 1.87. The van der Waals surface area contributed by atoms with E-state index in [0.29, 0.717) is 6.54 Å². The third kappa shape index (κ3) is 2.15. The number of aromatic nitrogens is 3. The average Bonchev–Trinajstić information content (AvgIpc) is 2.47. The largest absolute Gasteiger partial charge is 0.326 e. The van der Waals surface area contributed by atoms with Crippen LogP contribution in [-0.4, -0.2) is 15.0 Å². The zero-order chi connectivity index (χ0) is 8.55. The molecular formula is C8H12Cl2N4. The molecule has 1 aromatic heterocycles. The molecule has 2 aromatic rings. The van der Waals surface area contributed by atoms with E-state index in [1.54, 1.807) is 4.68 Å². The van der Waals surface area contributed by atoms with Gasteiger partial charge in [0.25, 0.3) is 0 Å². The van der Waals surface area contributed by atoms with Gasteiger partial charge in [0, 0.05) is 13.6 Å². The molecule has 1 heterocycles. The Labute approximate surface area is 94.3 Å². The Morgan fingerprint density at radius 2 is 2.07 bits per heavy atom. The van der Waals surface area contributed by atoms with Gasteiger partial charge in [-0.3, -0.25) is 0 Å². The molecule has 0 fully saturated rings. The van der Waals surface area contributed by atoms with Crippen LogP contribution in [0, 0.1) is 0 Å². The lowest BCUT2D eigenvalue weighted by Gasteiger charge is -1.96. The molecule has 0 aliphatic heterocycles. The Bertz CT molecular complexity index is 413. The molecule has 0 unspecified atom stereocenters. The number of hydrogen-bond acceptors (Lipinski definition) is 3. The summed E-state index contributed by atoms with van der Waals surface area (Å²) in [5.74, 6) is 0. The Morgan fingerprint density at radius 1 is 1.36 bits per heavy atom. The van der Waals surface area contributed by atoms with E-state index in [-0.39, 0.29) is 24.8 Å². The smallest absolute Gasteiger partial charge is 0.113 e. The highest BCUT2D eigenvalue weighted by molar-refractivity contribution is 5.85. The second-order valence-corrected chi connectivity index (χ2v) is 2.74. The number of nitrogens with zero attached hydrogens (tertiary/aromatic N) is 3. The molecule has 6 heteroatoms. The van der Waals surface area contributed by atoms with E-state index in [1.807, 2.05) is 25.2 Å². The standard InChI is InChI=1S/C8H10N4.2ClH/c1-12-8-4-6(5-9)2-3-7(8)10-11-12;;/h2-4H,5,9H2,1H3;2*1H. The van der Waals surface area contributed by atoms with E-state index in [9.17, 15) is 0 Å². The van der Waals surface area contributed by atoms with Crippen LogP contribution < -0.4 is 5.73 Å². The van der Waals surface area contributed by atoms with Crippen LogP contribution in [0.5, 0.6) is 0 Å². The molecule has 0 bridgehead atoms. The number of aryl methyl sites for hydroxylation is 1.